The molecule has 1 N–H and O–H groups in total. The molecule has 0 aliphatic heterocycles. The molecule has 88 valence electrons. The third-order valence-electron chi connectivity index (χ3n) is 2.64. The van der Waals surface area contributed by atoms with Gasteiger partial charge in [-0.3, -0.25) is 0 Å². The lowest BCUT2D eigenvalue weighted by Gasteiger charge is -2.17. The van der Waals surface area contributed by atoms with E-state index in [9.17, 15) is 8.78 Å². The SMILES string of the molecule is Cc1ccc(C(F)(F)c2ccc(O)cc2)cc1. The van der Waals surface area contributed by atoms with E-state index in [-0.39, 0.29) is 16.9 Å². The Labute approximate surface area is 98.3 Å². The van der Waals surface area contributed by atoms with Crippen LogP contribution in [0.5, 0.6) is 5.75 Å². The summed E-state index contributed by atoms with van der Waals surface area (Å²) in [6, 6.07) is 11.1. The van der Waals surface area contributed by atoms with E-state index in [1.165, 1.54) is 36.4 Å². The van der Waals surface area contributed by atoms with E-state index in [2.05, 4.69) is 0 Å². The normalized spacial score (nSPS) is 11.5. The topological polar surface area (TPSA) is 20.2 Å². The lowest BCUT2D eigenvalue weighted by atomic mass is 9.99. The second kappa shape index (κ2) is 4.17. The number of phenolic OH excluding ortho intramolecular Hbond substituents is 1. The first-order valence-electron chi connectivity index (χ1n) is 5.24. The molecule has 2 aromatic carbocycles. The van der Waals surface area contributed by atoms with Gasteiger partial charge < -0.3 is 5.11 Å². The summed E-state index contributed by atoms with van der Waals surface area (Å²) in [7, 11) is 0. The average molecular weight is 234 g/mol. The standard InChI is InChI=1S/C14H12F2O/c1-10-2-4-11(5-3-10)14(15,16)12-6-8-13(17)9-7-12/h2-9,17H,1H3. The van der Waals surface area contributed by atoms with E-state index in [1.807, 2.05) is 6.92 Å². The van der Waals surface area contributed by atoms with E-state index >= 15 is 0 Å². The van der Waals surface area contributed by atoms with Gasteiger partial charge in [0.1, 0.15) is 5.75 Å². The minimum atomic E-state index is -3.04. The quantitative estimate of drug-likeness (QED) is 0.837. The van der Waals surface area contributed by atoms with Gasteiger partial charge >= 0.3 is 0 Å². The van der Waals surface area contributed by atoms with Crippen molar-refractivity contribution >= 4 is 0 Å². The van der Waals surface area contributed by atoms with Crippen LogP contribution in [0.4, 0.5) is 8.78 Å². The van der Waals surface area contributed by atoms with E-state index in [0.717, 1.165) is 5.56 Å². The van der Waals surface area contributed by atoms with Gasteiger partial charge in [0.2, 0.25) is 0 Å². The number of hydrogen-bond acceptors (Lipinski definition) is 1. The maximum absolute atomic E-state index is 14.1. The first kappa shape index (κ1) is 11.6. The maximum Gasteiger partial charge on any atom is 0.298 e. The van der Waals surface area contributed by atoms with Crippen LogP contribution in [0.3, 0.4) is 0 Å². The Balaban J connectivity index is 2.41. The maximum atomic E-state index is 14.1. The molecule has 0 spiro atoms. The Hall–Kier alpha value is -1.90. The van der Waals surface area contributed by atoms with Crippen LogP contribution in [0.2, 0.25) is 0 Å². The molecule has 0 atom stereocenters. The fraction of sp³-hybridized carbons (Fsp3) is 0.143. The number of hydrogen-bond donors (Lipinski definition) is 1. The van der Waals surface area contributed by atoms with Gasteiger partial charge in [-0.15, -0.1) is 0 Å². The average Bonchev–Trinajstić information content (AvgIpc) is 2.30. The molecule has 0 bridgehead atoms. The van der Waals surface area contributed by atoms with Gasteiger partial charge in [0.25, 0.3) is 5.92 Å². The van der Waals surface area contributed by atoms with Crippen molar-refractivity contribution in [1.82, 2.24) is 0 Å². The molecule has 1 nitrogen and oxygen atoms in total. The molecular formula is C14H12F2O. The molecular weight excluding hydrogens is 222 g/mol. The Bertz CT molecular complexity index is 453. The van der Waals surface area contributed by atoms with Crippen molar-refractivity contribution in [3.63, 3.8) is 0 Å². The molecule has 0 aliphatic rings. The second-order valence-electron chi connectivity index (χ2n) is 3.99. The van der Waals surface area contributed by atoms with Gasteiger partial charge in [-0.2, -0.15) is 8.78 Å². The van der Waals surface area contributed by atoms with Crippen LogP contribution >= 0.6 is 0 Å². The van der Waals surface area contributed by atoms with Gasteiger partial charge in [-0.25, -0.2) is 0 Å². The Morgan fingerprint density at radius 3 is 1.71 bits per heavy atom. The van der Waals surface area contributed by atoms with Gasteiger partial charge in [-0.05, 0) is 31.2 Å². The summed E-state index contributed by atoms with van der Waals surface area (Å²) in [5.41, 5.74) is 0.767. The molecule has 0 heterocycles. The van der Waals surface area contributed by atoms with Crippen molar-refractivity contribution < 1.29 is 13.9 Å². The number of alkyl halides is 2. The second-order valence-corrected chi connectivity index (χ2v) is 3.99. The van der Waals surface area contributed by atoms with Crippen LogP contribution in [-0.2, 0) is 5.92 Å². The van der Waals surface area contributed by atoms with Gasteiger partial charge in [-0.1, -0.05) is 29.8 Å². The van der Waals surface area contributed by atoms with Crippen molar-refractivity contribution in [2.45, 2.75) is 12.8 Å². The summed E-state index contributed by atoms with van der Waals surface area (Å²) in [4.78, 5) is 0. The summed E-state index contributed by atoms with van der Waals surface area (Å²) < 4.78 is 28.1. The predicted molar refractivity (Wildman–Crippen MR) is 62.3 cm³/mol. The van der Waals surface area contributed by atoms with Gasteiger partial charge in [0, 0.05) is 11.1 Å². The summed E-state index contributed by atoms with van der Waals surface area (Å²) in [6.07, 6.45) is 0. The highest BCUT2D eigenvalue weighted by Crippen LogP contribution is 2.36. The molecule has 17 heavy (non-hydrogen) atoms. The molecule has 0 aliphatic carbocycles. The summed E-state index contributed by atoms with van der Waals surface area (Å²) in [5, 5.41) is 9.08. The van der Waals surface area contributed by atoms with Crippen molar-refractivity contribution in [3.8, 4) is 5.75 Å². The van der Waals surface area contributed by atoms with Crippen LogP contribution in [0.25, 0.3) is 0 Å². The summed E-state index contributed by atoms with van der Waals surface area (Å²) in [5.74, 6) is -3.06. The largest absolute Gasteiger partial charge is 0.508 e. The minimum Gasteiger partial charge on any atom is -0.508 e. The molecule has 0 saturated heterocycles. The highest BCUT2D eigenvalue weighted by molar-refractivity contribution is 5.37. The molecule has 2 aromatic rings. The highest BCUT2D eigenvalue weighted by Gasteiger charge is 2.33. The van der Waals surface area contributed by atoms with Gasteiger partial charge in [0.05, 0.1) is 0 Å². The summed E-state index contributed by atoms with van der Waals surface area (Å²) in [6.45, 7) is 1.85. The third kappa shape index (κ3) is 2.28. The first-order valence-corrected chi connectivity index (χ1v) is 5.24. The molecule has 0 radical (unpaired) electrons. The fourth-order valence-corrected chi connectivity index (χ4v) is 1.60. The highest BCUT2D eigenvalue weighted by atomic mass is 19.3. The number of phenols is 1. The lowest BCUT2D eigenvalue weighted by molar-refractivity contribution is 0.0428. The first-order chi connectivity index (χ1) is 8.00. The van der Waals surface area contributed by atoms with Crippen LogP contribution in [0.15, 0.2) is 48.5 Å². The molecule has 0 aromatic heterocycles. The van der Waals surface area contributed by atoms with E-state index < -0.39 is 5.92 Å². The fourth-order valence-electron chi connectivity index (χ4n) is 1.60. The minimum absolute atomic E-state index is 0.0199. The van der Waals surface area contributed by atoms with Crippen molar-refractivity contribution in [1.29, 1.82) is 0 Å². The van der Waals surface area contributed by atoms with E-state index in [4.69, 9.17) is 5.11 Å². The predicted octanol–water partition coefficient (Wildman–Crippen LogP) is 3.84. The van der Waals surface area contributed by atoms with Crippen molar-refractivity contribution in [2.75, 3.05) is 0 Å². The number of rotatable bonds is 2. The Morgan fingerprint density at radius 1 is 0.824 bits per heavy atom. The molecule has 0 unspecified atom stereocenters. The van der Waals surface area contributed by atoms with Crippen molar-refractivity contribution in [2.24, 2.45) is 0 Å². The monoisotopic (exact) mass is 234 g/mol. The van der Waals surface area contributed by atoms with Crippen LogP contribution < -0.4 is 0 Å². The molecule has 0 fully saturated rings. The lowest BCUT2D eigenvalue weighted by Crippen LogP contribution is -2.14. The third-order valence-corrected chi connectivity index (χ3v) is 2.64. The number of aryl methyl sites for hydroxylation is 1. The summed E-state index contributed by atoms with van der Waals surface area (Å²) >= 11 is 0. The van der Waals surface area contributed by atoms with Crippen LogP contribution in [0, 0.1) is 6.92 Å². The molecule has 0 amide bonds. The Morgan fingerprint density at radius 2 is 1.24 bits per heavy atom. The molecule has 3 heteroatoms. The van der Waals surface area contributed by atoms with Gasteiger partial charge in [0.15, 0.2) is 0 Å². The molecule has 0 saturated carbocycles. The number of halogens is 2. The number of benzene rings is 2. The van der Waals surface area contributed by atoms with Crippen LogP contribution in [-0.4, -0.2) is 5.11 Å². The Kier molecular flexibility index (Phi) is 2.84. The van der Waals surface area contributed by atoms with Crippen LogP contribution in [0.1, 0.15) is 16.7 Å². The van der Waals surface area contributed by atoms with E-state index in [0.29, 0.717) is 0 Å². The zero-order chi connectivity index (χ0) is 12.5. The zero-order valence-electron chi connectivity index (χ0n) is 9.32. The zero-order valence-corrected chi connectivity index (χ0v) is 9.32. The van der Waals surface area contributed by atoms with E-state index in [1.54, 1.807) is 12.1 Å². The number of aromatic hydroxyl groups is 1. The smallest absolute Gasteiger partial charge is 0.298 e. The molecule has 2 rings (SSSR count). The van der Waals surface area contributed by atoms with Crippen molar-refractivity contribution in [3.05, 3.63) is 65.2 Å².